The van der Waals surface area contributed by atoms with Crippen LogP contribution in [0.1, 0.15) is 20.8 Å². The largest absolute Gasteiger partial charge is 0.491 e. The van der Waals surface area contributed by atoms with E-state index in [0.717, 1.165) is 0 Å². The van der Waals surface area contributed by atoms with Gasteiger partial charge in [0.05, 0.1) is 12.6 Å². The van der Waals surface area contributed by atoms with E-state index in [1.165, 1.54) is 4.90 Å². The number of rotatable bonds is 5. The highest BCUT2D eigenvalue weighted by Gasteiger charge is 2.33. The fraction of sp³-hybridized carbons (Fsp3) is 0.500. The second-order valence-corrected chi connectivity index (χ2v) is 5.28. The van der Waals surface area contributed by atoms with Crippen molar-refractivity contribution >= 4 is 6.09 Å². The molecule has 19 heavy (non-hydrogen) atoms. The number of aliphatic hydroxyl groups is 1. The molecule has 0 fully saturated rings. The molecule has 0 heterocycles. The van der Waals surface area contributed by atoms with Gasteiger partial charge in [-0.2, -0.15) is 0 Å². The van der Waals surface area contributed by atoms with E-state index in [2.05, 4.69) is 0 Å². The van der Waals surface area contributed by atoms with Crippen LogP contribution in [0.15, 0.2) is 30.3 Å². The number of hydrogen-bond acceptors (Lipinski definition) is 3. The van der Waals surface area contributed by atoms with Crippen LogP contribution in [0.3, 0.4) is 0 Å². The van der Waals surface area contributed by atoms with Crippen molar-refractivity contribution in [3.8, 4) is 5.75 Å². The van der Waals surface area contributed by atoms with Gasteiger partial charge in [-0.25, -0.2) is 4.79 Å². The van der Waals surface area contributed by atoms with Crippen LogP contribution in [0.4, 0.5) is 4.79 Å². The number of carbonyl (C=O) groups is 1. The third-order valence-corrected chi connectivity index (χ3v) is 2.69. The molecule has 0 saturated heterocycles. The molecule has 0 aromatic heterocycles. The number of benzene rings is 1. The molecule has 1 amide bonds. The zero-order valence-corrected chi connectivity index (χ0v) is 11.5. The molecular weight excluding hydrogens is 246 g/mol. The number of hydrogen-bond donors (Lipinski definition) is 2. The standard InChI is InChI=1S/C14H21NO4/c1-14(2,3)15(13(17)18)11(9-16)10-19-12-7-5-4-6-8-12/h4-8,11,16H,9-10H2,1-3H3,(H,17,18)/t11-/m1/s1. The monoisotopic (exact) mass is 267 g/mol. The molecule has 0 radical (unpaired) electrons. The maximum absolute atomic E-state index is 11.3. The number of nitrogens with zero attached hydrogens (tertiary/aromatic N) is 1. The third-order valence-electron chi connectivity index (χ3n) is 2.69. The predicted molar refractivity (Wildman–Crippen MR) is 72.4 cm³/mol. The highest BCUT2D eigenvalue weighted by molar-refractivity contribution is 5.66. The van der Waals surface area contributed by atoms with Crippen LogP contribution in [0, 0.1) is 0 Å². The predicted octanol–water partition coefficient (Wildman–Crippen LogP) is 2.20. The maximum Gasteiger partial charge on any atom is 0.408 e. The number of aliphatic hydroxyl groups excluding tert-OH is 1. The maximum atomic E-state index is 11.3. The van der Waals surface area contributed by atoms with Crippen LogP contribution < -0.4 is 4.74 Å². The Labute approximate surface area is 113 Å². The third kappa shape index (κ3) is 4.44. The van der Waals surface area contributed by atoms with Crippen LogP contribution in [-0.4, -0.2) is 46.0 Å². The first-order valence-corrected chi connectivity index (χ1v) is 6.17. The summed E-state index contributed by atoms with van der Waals surface area (Å²) in [5.41, 5.74) is -0.598. The molecule has 0 unspecified atom stereocenters. The minimum absolute atomic E-state index is 0.115. The first-order chi connectivity index (χ1) is 8.86. The summed E-state index contributed by atoms with van der Waals surface area (Å²) in [5.74, 6) is 0.653. The minimum atomic E-state index is -1.07. The lowest BCUT2D eigenvalue weighted by Crippen LogP contribution is -2.54. The van der Waals surface area contributed by atoms with E-state index in [-0.39, 0.29) is 13.2 Å². The van der Waals surface area contributed by atoms with Crippen LogP contribution in [0.2, 0.25) is 0 Å². The van der Waals surface area contributed by atoms with Gasteiger partial charge in [-0.1, -0.05) is 18.2 Å². The van der Waals surface area contributed by atoms with Gasteiger partial charge in [0, 0.05) is 5.54 Å². The van der Waals surface area contributed by atoms with Crippen LogP contribution in [0.25, 0.3) is 0 Å². The van der Waals surface area contributed by atoms with Gasteiger partial charge in [-0.05, 0) is 32.9 Å². The van der Waals surface area contributed by atoms with E-state index >= 15 is 0 Å². The summed E-state index contributed by atoms with van der Waals surface area (Å²) in [4.78, 5) is 12.5. The number of amides is 1. The molecule has 0 spiro atoms. The van der Waals surface area contributed by atoms with E-state index in [0.29, 0.717) is 5.75 Å². The molecule has 2 N–H and O–H groups in total. The van der Waals surface area contributed by atoms with Crippen molar-refractivity contribution in [1.29, 1.82) is 0 Å². The molecule has 1 aromatic carbocycles. The van der Waals surface area contributed by atoms with Crippen molar-refractivity contribution < 1.29 is 19.7 Å². The van der Waals surface area contributed by atoms with Crippen LogP contribution >= 0.6 is 0 Å². The first-order valence-electron chi connectivity index (χ1n) is 6.17. The van der Waals surface area contributed by atoms with E-state index in [4.69, 9.17) is 4.74 Å². The van der Waals surface area contributed by atoms with Crippen LogP contribution in [0.5, 0.6) is 5.75 Å². The van der Waals surface area contributed by atoms with Crippen molar-refractivity contribution in [3.05, 3.63) is 30.3 Å². The highest BCUT2D eigenvalue weighted by atomic mass is 16.5. The van der Waals surface area contributed by atoms with E-state index in [1.54, 1.807) is 32.9 Å². The van der Waals surface area contributed by atoms with E-state index in [9.17, 15) is 15.0 Å². The molecular formula is C14H21NO4. The van der Waals surface area contributed by atoms with Gasteiger partial charge in [0.25, 0.3) is 0 Å². The molecule has 1 rings (SSSR count). The Morgan fingerprint density at radius 3 is 2.32 bits per heavy atom. The lowest BCUT2D eigenvalue weighted by molar-refractivity contribution is 0.0267. The Balaban J connectivity index is 2.73. The fourth-order valence-electron chi connectivity index (χ4n) is 1.91. The normalized spacial score (nSPS) is 12.8. The molecule has 1 atom stereocenters. The number of ether oxygens (including phenoxy) is 1. The van der Waals surface area contributed by atoms with Gasteiger partial charge < -0.3 is 14.9 Å². The Kier molecular flexibility index (Phi) is 5.18. The summed E-state index contributed by atoms with van der Waals surface area (Å²) in [7, 11) is 0. The molecule has 0 saturated carbocycles. The second-order valence-electron chi connectivity index (χ2n) is 5.28. The van der Waals surface area contributed by atoms with Gasteiger partial charge in [-0.15, -0.1) is 0 Å². The molecule has 0 aliphatic rings. The lowest BCUT2D eigenvalue weighted by Gasteiger charge is -2.38. The Bertz CT molecular complexity index is 400. The van der Waals surface area contributed by atoms with E-state index in [1.807, 2.05) is 18.2 Å². The molecule has 106 valence electrons. The quantitative estimate of drug-likeness (QED) is 0.858. The topological polar surface area (TPSA) is 70.0 Å². The van der Waals surface area contributed by atoms with Crippen molar-refractivity contribution in [2.24, 2.45) is 0 Å². The lowest BCUT2D eigenvalue weighted by atomic mass is 10.0. The van der Waals surface area contributed by atoms with Gasteiger partial charge in [0.1, 0.15) is 12.4 Å². The van der Waals surface area contributed by atoms with Crippen molar-refractivity contribution in [1.82, 2.24) is 4.90 Å². The summed E-state index contributed by atoms with van der Waals surface area (Å²) < 4.78 is 5.52. The SMILES string of the molecule is CC(C)(C)N(C(=O)O)[C@H](CO)COc1ccccc1. The summed E-state index contributed by atoms with van der Waals surface area (Å²) in [6.45, 7) is 5.19. The van der Waals surface area contributed by atoms with Gasteiger partial charge in [-0.3, -0.25) is 4.90 Å². The number of para-hydroxylation sites is 1. The summed E-state index contributed by atoms with van der Waals surface area (Å²) in [6, 6.07) is 8.52. The summed E-state index contributed by atoms with van der Waals surface area (Å²) in [6.07, 6.45) is -1.07. The molecule has 1 aromatic rings. The minimum Gasteiger partial charge on any atom is -0.491 e. The average Bonchev–Trinajstić information content (AvgIpc) is 2.33. The molecule has 5 nitrogen and oxygen atoms in total. The molecule has 0 aliphatic heterocycles. The zero-order chi connectivity index (χ0) is 14.5. The van der Waals surface area contributed by atoms with Gasteiger partial charge in [0.15, 0.2) is 0 Å². The Morgan fingerprint density at radius 2 is 1.89 bits per heavy atom. The summed E-state index contributed by atoms with van der Waals surface area (Å²) in [5, 5.41) is 18.7. The summed E-state index contributed by atoms with van der Waals surface area (Å²) >= 11 is 0. The van der Waals surface area contributed by atoms with E-state index < -0.39 is 17.7 Å². The second kappa shape index (κ2) is 6.43. The van der Waals surface area contributed by atoms with Gasteiger partial charge in [0.2, 0.25) is 0 Å². The molecule has 5 heteroatoms. The number of carboxylic acid groups (broad SMARTS) is 1. The van der Waals surface area contributed by atoms with Crippen molar-refractivity contribution in [2.45, 2.75) is 32.4 Å². The molecule has 0 bridgehead atoms. The first kappa shape index (κ1) is 15.3. The van der Waals surface area contributed by atoms with Crippen molar-refractivity contribution in [2.75, 3.05) is 13.2 Å². The molecule has 0 aliphatic carbocycles. The average molecular weight is 267 g/mol. The zero-order valence-electron chi connectivity index (χ0n) is 11.5. The Morgan fingerprint density at radius 1 is 1.32 bits per heavy atom. The fourth-order valence-corrected chi connectivity index (χ4v) is 1.91. The van der Waals surface area contributed by atoms with Crippen LogP contribution in [-0.2, 0) is 0 Å². The Hall–Kier alpha value is -1.75. The van der Waals surface area contributed by atoms with Gasteiger partial charge >= 0.3 is 6.09 Å². The smallest absolute Gasteiger partial charge is 0.408 e. The highest BCUT2D eigenvalue weighted by Crippen LogP contribution is 2.18. The van der Waals surface area contributed by atoms with Crippen molar-refractivity contribution in [3.63, 3.8) is 0 Å².